The van der Waals surface area contributed by atoms with E-state index in [2.05, 4.69) is 39.6 Å². The molecule has 158 valence electrons. The fourth-order valence-electron chi connectivity index (χ4n) is 3.46. The average Bonchev–Trinajstić information content (AvgIpc) is 2.72. The summed E-state index contributed by atoms with van der Waals surface area (Å²) < 4.78 is 19.3. The van der Waals surface area contributed by atoms with Crippen molar-refractivity contribution in [2.75, 3.05) is 39.9 Å². The van der Waals surface area contributed by atoms with Gasteiger partial charge in [-0.3, -0.25) is 9.89 Å². The van der Waals surface area contributed by atoms with Crippen LogP contribution in [0.4, 0.5) is 4.39 Å². The Morgan fingerprint density at radius 3 is 2.59 bits per heavy atom. The molecule has 2 aromatic carbocycles. The maximum Gasteiger partial charge on any atom is 0.191 e. The van der Waals surface area contributed by atoms with Crippen LogP contribution in [0.15, 0.2) is 53.5 Å². The van der Waals surface area contributed by atoms with Crippen molar-refractivity contribution >= 4 is 29.9 Å². The lowest BCUT2D eigenvalue weighted by atomic mass is 10.0. The van der Waals surface area contributed by atoms with Crippen molar-refractivity contribution in [3.8, 4) is 0 Å². The average molecular weight is 512 g/mol. The minimum absolute atomic E-state index is 0. The first-order valence-corrected chi connectivity index (χ1v) is 9.73. The van der Waals surface area contributed by atoms with Crippen molar-refractivity contribution in [2.24, 2.45) is 4.99 Å². The molecule has 7 heteroatoms. The van der Waals surface area contributed by atoms with Crippen LogP contribution in [0.5, 0.6) is 0 Å². The number of benzene rings is 2. The summed E-state index contributed by atoms with van der Waals surface area (Å²) in [5.41, 5.74) is 3.44. The molecule has 0 saturated carbocycles. The van der Waals surface area contributed by atoms with Gasteiger partial charge in [0.1, 0.15) is 5.82 Å². The van der Waals surface area contributed by atoms with E-state index in [0.717, 1.165) is 24.6 Å². The molecule has 1 aliphatic heterocycles. The monoisotopic (exact) mass is 512 g/mol. The molecule has 5 nitrogen and oxygen atoms in total. The van der Waals surface area contributed by atoms with Crippen LogP contribution in [0.3, 0.4) is 0 Å². The fraction of sp³-hybridized carbons (Fsp3) is 0.409. The van der Waals surface area contributed by atoms with Gasteiger partial charge in [0, 0.05) is 33.2 Å². The van der Waals surface area contributed by atoms with E-state index in [4.69, 9.17) is 4.74 Å². The molecule has 0 aromatic heterocycles. The number of nitrogens with zero attached hydrogens (tertiary/aromatic N) is 2. The van der Waals surface area contributed by atoms with E-state index < -0.39 is 0 Å². The third kappa shape index (κ3) is 6.94. The second-order valence-electron chi connectivity index (χ2n) is 6.95. The molecule has 0 amide bonds. The Balaban J connectivity index is 0.00000300. The molecule has 1 aliphatic rings. The van der Waals surface area contributed by atoms with Crippen LogP contribution in [0.1, 0.15) is 22.7 Å². The molecule has 2 aromatic rings. The molecule has 1 heterocycles. The van der Waals surface area contributed by atoms with Crippen LogP contribution in [-0.4, -0.2) is 50.8 Å². The van der Waals surface area contributed by atoms with Gasteiger partial charge < -0.3 is 15.4 Å². The maximum atomic E-state index is 13.8. The second-order valence-corrected chi connectivity index (χ2v) is 6.95. The molecule has 1 atom stereocenters. The standard InChI is InChI=1S/C22H29FN4O.HI/c1-17-6-3-4-7-19(17)15-25-22(24-2)26-16-21(27-10-12-28-13-11-27)18-8-5-9-20(23)14-18;/h3-9,14,21H,10-13,15-16H2,1-2H3,(H2,24,25,26);1H. The quantitative estimate of drug-likeness (QED) is 0.354. The molecule has 0 aliphatic carbocycles. The van der Waals surface area contributed by atoms with Crippen LogP contribution in [0, 0.1) is 12.7 Å². The predicted molar refractivity (Wildman–Crippen MR) is 126 cm³/mol. The lowest BCUT2D eigenvalue weighted by Crippen LogP contribution is -2.46. The summed E-state index contributed by atoms with van der Waals surface area (Å²) in [4.78, 5) is 6.67. The maximum absolute atomic E-state index is 13.8. The largest absolute Gasteiger partial charge is 0.379 e. The zero-order valence-corrected chi connectivity index (χ0v) is 19.4. The van der Waals surface area contributed by atoms with Gasteiger partial charge in [0.2, 0.25) is 0 Å². The third-order valence-corrected chi connectivity index (χ3v) is 5.11. The van der Waals surface area contributed by atoms with E-state index in [9.17, 15) is 4.39 Å². The van der Waals surface area contributed by atoms with Gasteiger partial charge in [-0.2, -0.15) is 0 Å². The molecule has 1 fully saturated rings. The molecular weight excluding hydrogens is 482 g/mol. The number of morpholine rings is 1. The van der Waals surface area contributed by atoms with Crippen molar-refractivity contribution in [3.63, 3.8) is 0 Å². The molecule has 0 bridgehead atoms. The number of aliphatic imine (C=N–C) groups is 1. The Bertz CT molecular complexity index is 796. The number of rotatable bonds is 6. The van der Waals surface area contributed by atoms with E-state index in [1.54, 1.807) is 19.2 Å². The SMILES string of the molecule is CN=C(NCc1ccccc1C)NCC(c1cccc(F)c1)N1CCOCC1.I. The number of hydrogen-bond donors (Lipinski definition) is 2. The van der Waals surface area contributed by atoms with Gasteiger partial charge >= 0.3 is 0 Å². The van der Waals surface area contributed by atoms with E-state index in [1.165, 1.54) is 17.2 Å². The second kappa shape index (κ2) is 12.1. The van der Waals surface area contributed by atoms with Gasteiger partial charge in [0.25, 0.3) is 0 Å². The fourth-order valence-corrected chi connectivity index (χ4v) is 3.46. The normalized spacial score (nSPS) is 16.0. The highest BCUT2D eigenvalue weighted by molar-refractivity contribution is 14.0. The van der Waals surface area contributed by atoms with E-state index >= 15 is 0 Å². The zero-order valence-electron chi connectivity index (χ0n) is 17.0. The number of aryl methyl sites for hydroxylation is 1. The predicted octanol–water partition coefficient (Wildman–Crippen LogP) is 3.49. The Labute approximate surface area is 189 Å². The van der Waals surface area contributed by atoms with E-state index in [-0.39, 0.29) is 35.8 Å². The highest BCUT2D eigenvalue weighted by Gasteiger charge is 2.23. The van der Waals surface area contributed by atoms with Gasteiger partial charge in [-0.25, -0.2) is 4.39 Å². The number of halogens is 2. The third-order valence-electron chi connectivity index (χ3n) is 5.11. The van der Waals surface area contributed by atoms with Crippen LogP contribution in [-0.2, 0) is 11.3 Å². The first-order chi connectivity index (χ1) is 13.7. The Morgan fingerprint density at radius 2 is 1.90 bits per heavy atom. The Morgan fingerprint density at radius 1 is 1.14 bits per heavy atom. The summed E-state index contributed by atoms with van der Waals surface area (Å²) in [5, 5.41) is 6.78. The lowest BCUT2D eigenvalue weighted by molar-refractivity contribution is 0.0169. The van der Waals surface area contributed by atoms with Crippen LogP contribution in [0.2, 0.25) is 0 Å². The Kier molecular flexibility index (Phi) is 9.83. The molecule has 3 rings (SSSR count). The van der Waals surface area contributed by atoms with Gasteiger partial charge in [-0.05, 0) is 35.7 Å². The number of hydrogen-bond acceptors (Lipinski definition) is 3. The smallest absolute Gasteiger partial charge is 0.191 e. The number of ether oxygens (including phenoxy) is 1. The van der Waals surface area contributed by atoms with Crippen molar-refractivity contribution in [3.05, 3.63) is 71.0 Å². The molecule has 0 spiro atoms. The van der Waals surface area contributed by atoms with Gasteiger partial charge in [-0.15, -0.1) is 24.0 Å². The highest BCUT2D eigenvalue weighted by Crippen LogP contribution is 2.22. The zero-order chi connectivity index (χ0) is 19.8. The first kappa shape index (κ1) is 23.6. The summed E-state index contributed by atoms with van der Waals surface area (Å²) in [7, 11) is 1.76. The summed E-state index contributed by atoms with van der Waals surface area (Å²) in [5.74, 6) is 0.524. The Hall–Kier alpha value is -1.71. The van der Waals surface area contributed by atoms with Crippen molar-refractivity contribution < 1.29 is 9.13 Å². The first-order valence-electron chi connectivity index (χ1n) is 9.73. The molecule has 0 radical (unpaired) electrons. The molecule has 1 saturated heterocycles. The molecule has 1 unspecified atom stereocenters. The molecule has 29 heavy (non-hydrogen) atoms. The number of guanidine groups is 1. The summed E-state index contributed by atoms with van der Waals surface area (Å²) in [6.45, 7) is 6.51. The van der Waals surface area contributed by atoms with E-state index in [1.807, 2.05) is 18.2 Å². The van der Waals surface area contributed by atoms with Crippen molar-refractivity contribution in [2.45, 2.75) is 19.5 Å². The summed E-state index contributed by atoms with van der Waals surface area (Å²) in [6, 6.07) is 15.2. The number of nitrogens with one attached hydrogen (secondary N) is 2. The lowest BCUT2D eigenvalue weighted by Gasteiger charge is -2.35. The topological polar surface area (TPSA) is 48.9 Å². The molecular formula is C22H30FIN4O. The van der Waals surface area contributed by atoms with Gasteiger partial charge in [0.15, 0.2) is 5.96 Å². The minimum atomic E-state index is -0.210. The molecule has 2 N–H and O–H groups in total. The van der Waals surface area contributed by atoms with E-state index in [0.29, 0.717) is 26.3 Å². The van der Waals surface area contributed by atoms with Crippen LogP contribution >= 0.6 is 24.0 Å². The van der Waals surface area contributed by atoms with Crippen LogP contribution < -0.4 is 10.6 Å². The summed E-state index contributed by atoms with van der Waals surface area (Å²) >= 11 is 0. The summed E-state index contributed by atoms with van der Waals surface area (Å²) in [6.07, 6.45) is 0. The minimum Gasteiger partial charge on any atom is -0.379 e. The van der Waals surface area contributed by atoms with Gasteiger partial charge in [-0.1, -0.05) is 36.4 Å². The van der Waals surface area contributed by atoms with Crippen molar-refractivity contribution in [1.29, 1.82) is 0 Å². The van der Waals surface area contributed by atoms with Crippen molar-refractivity contribution in [1.82, 2.24) is 15.5 Å². The highest BCUT2D eigenvalue weighted by atomic mass is 127. The van der Waals surface area contributed by atoms with Crippen LogP contribution in [0.25, 0.3) is 0 Å². The van der Waals surface area contributed by atoms with Gasteiger partial charge in [0.05, 0.1) is 19.3 Å².